The van der Waals surface area contributed by atoms with Crippen molar-refractivity contribution in [2.75, 3.05) is 7.11 Å². The Balaban J connectivity index is 3.05. The minimum absolute atomic E-state index is 0.0266. The lowest BCUT2D eigenvalue weighted by molar-refractivity contribution is 0.0939. The predicted molar refractivity (Wildman–Crippen MR) is 70.9 cm³/mol. The maximum absolute atomic E-state index is 12.1. The van der Waals surface area contributed by atoms with Gasteiger partial charge >= 0.3 is 0 Å². The Labute approximate surface area is 104 Å². The topological polar surface area (TPSA) is 26.3 Å². The second-order valence-corrected chi connectivity index (χ2v) is 5.80. The third kappa shape index (κ3) is 3.58. The molecule has 0 fully saturated rings. The van der Waals surface area contributed by atoms with E-state index in [4.69, 9.17) is 4.74 Å². The van der Waals surface area contributed by atoms with Crippen molar-refractivity contribution in [1.82, 2.24) is 0 Å². The van der Waals surface area contributed by atoms with Gasteiger partial charge in [0.15, 0.2) is 5.78 Å². The molecule has 0 spiro atoms. The van der Waals surface area contributed by atoms with Crippen LogP contribution >= 0.6 is 0 Å². The molecule has 0 aliphatic heterocycles. The number of Topliss-reactive ketones (excluding diaryl/α,β-unsaturated/α-hetero) is 1. The van der Waals surface area contributed by atoms with E-state index in [0.29, 0.717) is 6.42 Å². The van der Waals surface area contributed by atoms with Crippen LogP contribution in [0.1, 0.15) is 48.7 Å². The molecule has 1 aromatic carbocycles. The molecule has 0 radical (unpaired) electrons. The van der Waals surface area contributed by atoms with Crippen LogP contribution < -0.4 is 4.74 Å². The molecule has 0 saturated heterocycles. The summed E-state index contributed by atoms with van der Waals surface area (Å²) >= 11 is 0. The van der Waals surface area contributed by atoms with Crippen LogP contribution in [0.25, 0.3) is 0 Å². The molecule has 0 saturated carbocycles. The number of methoxy groups -OCH3 is 1. The summed E-state index contributed by atoms with van der Waals surface area (Å²) < 4.78 is 5.30. The zero-order valence-electron chi connectivity index (χ0n) is 11.7. The molecule has 0 aliphatic carbocycles. The van der Waals surface area contributed by atoms with Gasteiger partial charge in [0, 0.05) is 12.0 Å². The van der Waals surface area contributed by atoms with E-state index in [1.165, 1.54) is 0 Å². The minimum atomic E-state index is 0.0266. The van der Waals surface area contributed by atoms with Crippen LogP contribution in [0.2, 0.25) is 0 Å². The van der Waals surface area contributed by atoms with Gasteiger partial charge < -0.3 is 4.74 Å². The first kappa shape index (κ1) is 13.8. The number of carbonyl (C=O) groups excluding carboxylic acids is 1. The van der Waals surface area contributed by atoms with Gasteiger partial charge in [0.25, 0.3) is 0 Å². The van der Waals surface area contributed by atoms with Crippen LogP contribution in [-0.4, -0.2) is 12.9 Å². The van der Waals surface area contributed by atoms with Crippen LogP contribution in [0.15, 0.2) is 12.1 Å². The van der Waals surface area contributed by atoms with E-state index >= 15 is 0 Å². The van der Waals surface area contributed by atoms with Gasteiger partial charge in [0.1, 0.15) is 5.75 Å². The lowest BCUT2D eigenvalue weighted by Crippen LogP contribution is -2.13. The van der Waals surface area contributed by atoms with Crippen LogP contribution in [0.3, 0.4) is 0 Å². The molecule has 0 amide bonds. The molecule has 0 N–H and O–H groups in total. The van der Waals surface area contributed by atoms with Crippen molar-refractivity contribution in [2.24, 2.45) is 5.41 Å². The molecular formula is C15H22O2. The lowest BCUT2D eigenvalue weighted by Gasteiger charge is -2.17. The second kappa shape index (κ2) is 4.91. The molecule has 0 bridgehead atoms. The van der Waals surface area contributed by atoms with Crippen molar-refractivity contribution in [3.8, 4) is 5.75 Å². The summed E-state index contributed by atoms with van der Waals surface area (Å²) in [4.78, 5) is 12.1. The van der Waals surface area contributed by atoms with Crippen molar-refractivity contribution in [1.29, 1.82) is 0 Å². The van der Waals surface area contributed by atoms with Crippen LogP contribution in [0.5, 0.6) is 5.75 Å². The van der Waals surface area contributed by atoms with Gasteiger partial charge in [-0.1, -0.05) is 20.8 Å². The number of benzene rings is 1. The number of rotatable bonds is 3. The number of hydrogen-bond donors (Lipinski definition) is 0. The fourth-order valence-electron chi connectivity index (χ4n) is 2.02. The average molecular weight is 234 g/mol. The molecule has 94 valence electrons. The van der Waals surface area contributed by atoms with Gasteiger partial charge in [-0.3, -0.25) is 4.79 Å². The summed E-state index contributed by atoms with van der Waals surface area (Å²) in [7, 11) is 1.66. The van der Waals surface area contributed by atoms with Gasteiger partial charge in [-0.25, -0.2) is 0 Å². The molecular weight excluding hydrogens is 212 g/mol. The maximum atomic E-state index is 12.1. The monoisotopic (exact) mass is 234 g/mol. The number of ketones is 1. The quantitative estimate of drug-likeness (QED) is 0.741. The standard InChI is InChI=1S/C15H22O2/c1-10-7-12(8-11(2)14(10)17-6)13(16)9-15(3,4)5/h7-8H,9H2,1-6H3. The number of aryl methyl sites for hydroxylation is 2. The Bertz CT molecular complexity index is 402. The molecule has 0 atom stereocenters. The highest BCUT2D eigenvalue weighted by Crippen LogP contribution is 2.27. The predicted octanol–water partition coefficient (Wildman–Crippen LogP) is 3.93. The number of carbonyl (C=O) groups is 1. The molecule has 2 heteroatoms. The van der Waals surface area contributed by atoms with Crippen molar-refractivity contribution in [2.45, 2.75) is 41.0 Å². The molecule has 0 aliphatic rings. The first-order valence-electron chi connectivity index (χ1n) is 5.93. The first-order chi connectivity index (χ1) is 7.74. The smallest absolute Gasteiger partial charge is 0.163 e. The summed E-state index contributed by atoms with van der Waals surface area (Å²) in [5.41, 5.74) is 2.85. The molecule has 17 heavy (non-hydrogen) atoms. The molecule has 1 rings (SSSR count). The highest BCUT2D eigenvalue weighted by atomic mass is 16.5. The zero-order valence-corrected chi connectivity index (χ0v) is 11.7. The molecule has 0 aromatic heterocycles. The van der Waals surface area contributed by atoms with Crippen LogP contribution in [0.4, 0.5) is 0 Å². The largest absolute Gasteiger partial charge is 0.496 e. The summed E-state index contributed by atoms with van der Waals surface area (Å²) in [6.07, 6.45) is 0.568. The van der Waals surface area contributed by atoms with Gasteiger partial charge in [0.05, 0.1) is 7.11 Å². The number of ether oxygens (including phenoxy) is 1. The van der Waals surface area contributed by atoms with Crippen molar-refractivity contribution in [3.63, 3.8) is 0 Å². The fraction of sp³-hybridized carbons (Fsp3) is 0.533. The number of hydrogen-bond acceptors (Lipinski definition) is 2. The Hall–Kier alpha value is -1.31. The third-order valence-electron chi connectivity index (χ3n) is 2.68. The molecule has 2 nitrogen and oxygen atoms in total. The Morgan fingerprint density at radius 3 is 2.00 bits per heavy atom. The van der Waals surface area contributed by atoms with E-state index in [0.717, 1.165) is 22.4 Å². The van der Waals surface area contributed by atoms with E-state index < -0.39 is 0 Å². The van der Waals surface area contributed by atoms with E-state index in [1.807, 2.05) is 26.0 Å². The lowest BCUT2D eigenvalue weighted by atomic mass is 9.87. The Kier molecular flexibility index (Phi) is 3.97. The SMILES string of the molecule is COc1c(C)cc(C(=O)CC(C)(C)C)cc1C. The minimum Gasteiger partial charge on any atom is -0.496 e. The normalized spacial score (nSPS) is 11.4. The highest BCUT2D eigenvalue weighted by Gasteiger charge is 2.18. The molecule has 0 heterocycles. The van der Waals surface area contributed by atoms with Gasteiger partial charge in [-0.15, -0.1) is 0 Å². The summed E-state index contributed by atoms with van der Waals surface area (Å²) in [5.74, 6) is 1.07. The highest BCUT2D eigenvalue weighted by molar-refractivity contribution is 5.97. The first-order valence-corrected chi connectivity index (χ1v) is 5.93. The Morgan fingerprint density at radius 1 is 1.18 bits per heavy atom. The third-order valence-corrected chi connectivity index (χ3v) is 2.68. The van der Waals surface area contributed by atoms with Crippen molar-refractivity contribution < 1.29 is 9.53 Å². The van der Waals surface area contributed by atoms with E-state index in [-0.39, 0.29) is 11.2 Å². The zero-order chi connectivity index (χ0) is 13.2. The van der Waals surface area contributed by atoms with Gasteiger partial charge in [-0.2, -0.15) is 0 Å². The molecule has 1 aromatic rings. The summed E-state index contributed by atoms with van der Waals surface area (Å²) in [5, 5.41) is 0. The maximum Gasteiger partial charge on any atom is 0.163 e. The second-order valence-electron chi connectivity index (χ2n) is 5.80. The average Bonchev–Trinajstić information content (AvgIpc) is 2.14. The van der Waals surface area contributed by atoms with Crippen LogP contribution in [0, 0.1) is 19.3 Å². The van der Waals surface area contributed by atoms with Gasteiger partial charge in [-0.05, 0) is 42.5 Å². The summed E-state index contributed by atoms with van der Waals surface area (Å²) in [6.45, 7) is 10.2. The van der Waals surface area contributed by atoms with Crippen molar-refractivity contribution >= 4 is 5.78 Å². The van der Waals surface area contributed by atoms with Crippen molar-refractivity contribution in [3.05, 3.63) is 28.8 Å². The summed E-state index contributed by atoms with van der Waals surface area (Å²) in [6, 6.07) is 3.83. The fourth-order valence-corrected chi connectivity index (χ4v) is 2.02. The van der Waals surface area contributed by atoms with E-state index in [2.05, 4.69) is 20.8 Å². The van der Waals surface area contributed by atoms with Crippen LogP contribution in [-0.2, 0) is 0 Å². The Morgan fingerprint density at radius 2 is 1.65 bits per heavy atom. The molecule has 0 unspecified atom stereocenters. The van der Waals surface area contributed by atoms with E-state index in [9.17, 15) is 4.79 Å². The van der Waals surface area contributed by atoms with Gasteiger partial charge in [0.2, 0.25) is 0 Å². The van der Waals surface area contributed by atoms with E-state index in [1.54, 1.807) is 7.11 Å².